The van der Waals surface area contributed by atoms with Crippen LogP contribution in [0.3, 0.4) is 0 Å². The maximum atomic E-state index is 9.10. The Morgan fingerprint density at radius 3 is 3.23 bits per heavy atom. The third-order valence-electron chi connectivity index (χ3n) is 2.28. The van der Waals surface area contributed by atoms with Crippen molar-refractivity contribution in [1.29, 1.82) is 0 Å². The predicted octanol–water partition coefficient (Wildman–Crippen LogP) is 0.873. The van der Waals surface area contributed by atoms with Gasteiger partial charge >= 0.3 is 0 Å². The fourth-order valence-corrected chi connectivity index (χ4v) is 1.86. The summed E-state index contributed by atoms with van der Waals surface area (Å²) in [7, 11) is 0. The van der Waals surface area contributed by atoms with Crippen LogP contribution in [0.25, 0.3) is 0 Å². The van der Waals surface area contributed by atoms with Gasteiger partial charge in [-0.05, 0) is 17.2 Å². The van der Waals surface area contributed by atoms with Crippen LogP contribution in [-0.2, 0) is 19.6 Å². The molecule has 0 atom stereocenters. The first-order valence-electron chi connectivity index (χ1n) is 4.30. The lowest BCUT2D eigenvalue weighted by molar-refractivity contribution is 0.279. The van der Waals surface area contributed by atoms with E-state index in [4.69, 9.17) is 16.7 Å². The van der Waals surface area contributed by atoms with E-state index in [-0.39, 0.29) is 6.61 Å². The number of aromatic nitrogens is 1. The highest BCUT2D eigenvalue weighted by atomic mass is 35.5. The van der Waals surface area contributed by atoms with E-state index in [1.807, 2.05) is 0 Å². The Morgan fingerprint density at radius 1 is 1.62 bits per heavy atom. The Kier molecular flexibility index (Phi) is 2.49. The number of fused-ring (bicyclic) bond motifs is 1. The molecule has 1 aromatic rings. The van der Waals surface area contributed by atoms with Crippen LogP contribution in [-0.4, -0.2) is 16.6 Å². The molecule has 0 radical (unpaired) electrons. The summed E-state index contributed by atoms with van der Waals surface area (Å²) in [4.78, 5) is 4.24. The molecule has 0 saturated carbocycles. The van der Waals surface area contributed by atoms with Crippen molar-refractivity contribution in [3.63, 3.8) is 0 Å². The van der Waals surface area contributed by atoms with Gasteiger partial charge in [0.1, 0.15) is 5.15 Å². The number of nitrogens with one attached hydrogen (secondary N) is 1. The van der Waals surface area contributed by atoms with Crippen LogP contribution in [0.5, 0.6) is 0 Å². The van der Waals surface area contributed by atoms with Gasteiger partial charge in [-0.15, -0.1) is 0 Å². The normalized spacial score (nSPS) is 15.5. The summed E-state index contributed by atoms with van der Waals surface area (Å²) in [5, 5.41) is 12.8. The van der Waals surface area contributed by atoms with E-state index in [1.54, 1.807) is 6.07 Å². The molecule has 0 fully saturated rings. The lowest BCUT2D eigenvalue weighted by atomic mass is 10.0. The van der Waals surface area contributed by atoms with Gasteiger partial charge in [-0.2, -0.15) is 0 Å². The summed E-state index contributed by atoms with van der Waals surface area (Å²) < 4.78 is 0. The van der Waals surface area contributed by atoms with Crippen molar-refractivity contribution >= 4 is 11.6 Å². The number of pyridine rings is 1. The standard InChI is InChI=1S/C9H11ClN2O/c10-9-3-6(5-13)7-4-11-2-1-8(7)12-9/h3,11,13H,1-2,4-5H2. The van der Waals surface area contributed by atoms with Crippen LogP contribution in [0, 0.1) is 0 Å². The molecule has 4 heteroatoms. The van der Waals surface area contributed by atoms with Crippen molar-refractivity contribution in [2.75, 3.05) is 6.54 Å². The van der Waals surface area contributed by atoms with E-state index in [0.29, 0.717) is 5.15 Å². The van der Waals surface area contributed by atoms with Crippen molar-refractivity contribution < 1.29 is 5.11 Å². The largest absolute Gasteiger partial charge is 0.392 e. The Morgan fingerprint density at radius 2 is 2.46 bits per heavy atom. The zero-order valence-corrected chi connectivity index (χ0v) is 7.93. The molecular formula is C9H11ClN2O. The van der Waals surface area contributed by atoms with Crippen LogP contribution >= 0.6 is 11.6 Å². The summed E-state index contributed by atoms with van der Waals surface area (Å²) in [5.74, 6) is 0. The van der Waals surface area contributed by atoms with Crippen LogP contribution in [0.15, 0.2) is 6.07 Å². The highest BCUT2D eigenvalue weighted by Crippen LogP contribution is 2.20. The topological polar surface area (TPSA) is 45.2 Å². The monoisotopic (exact) mass is 198 g/mol. The zero-order valence-electron chi connectivity index (χ0n) is 7.18. The van der Waals surface area contributed by atoms with Gasteiger partial charge in [0.2, 0.25) is 0 Å². The second-order valence-corrected chi connectivity index (χ2v) is 3.50. The van der Waals surface area contributed by atoms with Gasteiger partial charge in [0, 0.05) is 25.2 Å². The highest BCUT2D eigenvalue weighted by molar-refractivity contribution is 6.29. The number of hydrogen-bond acceptors (Lipinski definition) is 3. The molecule has 1 aliphatic heterocycles. The molecule has 70 valence electrons. The SMILES string of the molecule is OCc1cc(Cl)nc2c1CNCC2. The van der Waals surface area contributed by atoms with E-state index in [2.05, 4.69) is 10.3 Å². The molecule has 0 aromatic carbocycles. The Hall–Kier alpha value is -0.640. The number of nitrogens with zero attached hydrogens (tertiary/aromatic N) is 1. The number of rotatable bonds is 1. The van der Waals surface area contributed by atoms with E-state index in [1.165, 1.54) is 0 Å². The molecule has 2 heterocycles. The molecule has 0 unspecified atom stereocenters. The maximum absolute atomic E-state index is 9.10. The van der Waals surface area contributed by atoms with Gasteiger partial charge in [0.05, 0.1) is 6.61 Å². The third-order valence-corrected chi connectivity index (χ3v) is 2.48. The van der Waals surface area contributed by atoms with Crippen LogP contribution < -0.4 is 5.32 Å². The second-order valence-electron chi connectivity index (χ2n) is 3.11. The molecule has 0 aliphatic carbocycles. The first-order chi connectivity index (χ1) is 6.31. The molecule has 0 saturated heterocycles. The summed E-state index contributed by atoms with van der Waals surface area (Å²) in [6.07, 6.45) is 0.892. The summed E-state index contributed by atoms with van der Waals surface area (Å²) in [6.45, 7) is 1.76. The Labute approximate surface area is 81.8 Å². The third kappa shape index (κ3) is 1.68. The van der Waals surface area contributed by atoms with Crippen molar-refractivity contribution in [2.24, 2.45) is 0 Å². The minimum atomic E-state index is 0.0340. The Balaban J connectivity index is 2.50. The molecule has 1 aliphatic rings. The average molecular weight is 199 g/mol. The van der Waals surface area contributed by atoms with E-state index >= 15 is 0 Å². The number of halogens is 1. The molecule has 2 rings (SSSR count). The zero-order chi connectivity index (χ0) is 9.26. The molecule has 0 bridgehead atoms. The lowest BCUT2D eigenvalue weighted by Crippen LogP contribution is -2.25. The van der Waals surface area contributed by atoms with Gasteiger partial charge in [-0.1, -0.05) is 11.6 Å². The minimum absolute atomic E-state index is 0.0340. The smallest absolute Gasteiger partial charge is 0.129 e. The maximum Gasteiger partial charge on any atom is 0.129 e. The quantitative estimate of drug-likeness (QED) is 0.659. The number of aliphatic hydroxyl groups is 1. The van der Waals surface area contributed by atoms with E-state index in [9.17, 15) is 0 Å². The van der Waals surface area contributed by atoms with E-state index in [0.717, 1.165) is 36.3 Å². The van der Waals surface area contributed by atoms with E-state index < -0.39 is 0 Å². The van der Waals surface area contributed by atoms with Crippen molar-refractivity contribution in [2.45, 2.75) is 19.6 Å². The predicted molar refractivity (Wildman–Crippen MR) is 50.6 cm³/mol. The highest BCUT2D eigenvalue weighted by Gasteiger charge is 2.14. The van der Waals surface area contributed by atoms with Gasteiger partial charge in [0.15, 0.2) is 0 Å². The molecule has 1 aromatic heterocycles. The second kappa shape index (κ2) is 3.62. The van der Waals surface area contributed by atoms with Crippen molar-refractivity contribution in [1.82, 2.24) is 10.3 Å². The molecule has 3 nitrogen and oxygen atoms in total. The molecule has 13 heavy (non-hydrogen) atoms. The number of hydrogen-bond donors (Lipinski definition) is 2. The Bertz CT molecular complexity index is 310. The first kappa shape index (κ1) is 8.94. The van der Waals surface area contributed by atoms with Gasteiger partial charge in [-0.3, -0.25) is 0 Å². The van der Waals surface area contributed by atoms with Crippen molar-refractivity contribution in [3.8, 4) is 0 Å². The molecule has 0 spiro atoms. The summed E-state index contributed by atoms with van der Waals surface area (Å²) >= 11 is 5.82. The summed E-state index contributed by atoms with van der Waals surface area (Å²) in [6, 6.07) is 1.73. The first-order valence-corrected chi connectivity index (χ1v) is 4.68. The lowest BCUT2D eigenvalue weighted by Gasteiger charge is -2.18. The average Bonchev–Trinajstić information content (AvgIpc) is 2.16. The van der Waals surface area contributed by atoms with Crippen LogP contribution in [0.1, 0.15) is 16.8 Å². The van der Waals surface area contributed by atoms with Crippen molar-refractivity contribution in [3.05, 3.63) is 28.0 Å². The van der Waals surface area contributed by atoms with Crippen LogP contribution in [0.4, 0.5) is 0 Å². The molecule has 2 N–H and O–H groups in total. The molecule has 0 amide bonds. The summed E-state index contributed by atoms with van der Waals surface area (Å²) in [5.41, 5.74) is 3.02. The fraction of sp³-hybridized carbons (Fsp3) is 0.444. The van der Waals surface area contributed by atoms with Gasteiger partial charge in [0.25, 0.3) is 0 Å². The number of aliphatic hydroxyl groups excluding tert-OH is 1. The van der Waals surface area contributed by atoms with Crippen LogP contribution in [0.2, 0.25) is 5.15 Å². The minimum Gasteiger partial charge on any atom is -0.392 e. The van der Waals surface area contributed by atoms with Gasteiger partial charge in [-0.25, -0.2) is 4.98 Å². The molecular weight excluding hydrogens is 188 g/mol. The fourth-order valence-electron chi connectivity index (χ4n) is 1.63. The van der Waals surface area contributed by atoms with Gasteiger partial charge < -0.3 is 10.4 Å².